The third-order valence-electron chi connectivity index (χ3n) is 4.89. The fourth-order valence-corrected chi connectivity index (χ4v) is 3.70. The average molecular weight is 291 g/mol. The average Bonchev–Trinajstić information content (AvgIpc) is 3.04. The van der Waals surface area contributed by atoms with Gasteiger partial charge in [0.2, 0.25) is 0 Å². The summed E-state index contributed by atoms with van der Waals surface area (Å²) in [6, 6.07) is 17.4. The van der Waals surface area contributed by atoms with Crippen molar-refractivity contribution in [2.45, 2.75) is 31.7 Å². The standard InChI is InChI=1S/C19H21N3/c1-2-12-6-5-8-14(10-12)21-19(20)22-18-16-11-13-7-3-4-9-15(13)17(16)18/h3-10,16-18H,2,11H2,1H3,(H3,20,21,22). The van der Waals surface area contributed by atoms with Crippen molar-refractivity contribution in [2.75, 3.05) is 5.32 Å². The van der Waals surface area contributed by atoms with Crippen molar-refractivity contribution in [3.8, 4) is 0 Å². The van der Waals surface area contributed by atoms with E-state index < -0.39 is 0 Å². The summed E-state index contributed by atoms with van der Waals surface area (Å²) >= 11 is 0. The Hall–Kier alpha value is -2.29. The zero-order valence-electron chi connectivity index (χ0n) is 12.8. The molecule has 0 bridgehead atoms. The number of aliphatic imine (C=N–C) groups is 1. The van der Waals surface area contributed by atoms with Gasteiger partial charge < -0.3 is 11.1 Å². The first-order chi connectivity index (χ1) is 10.8. The minimum absolute atomic E-state index is 0.358. The first-order valence-electron chi connectivity index (χ1n) is 8.03. The van der Waals surface area contributed by atoms with E-state index in [1.165, 1.54) is 16.7 Å². The maximum absolute atomic E-state index is 6.10. The summed E-state index contributed by atoms with van der Waals surface area (Å²) in [6.07, 6.45) is 2.17. The molecule has 4 rings (SSSR count). The van der Waals surface area contributed by atoms with Gasteiger partial charge in [0, 0.05) is 11.6 Å². The highest BCUT2D eigenvalue weighted by Gasteiger charge is 2.55. The topological polar surface area (TPSA) is 50.4 Å². The highest BCUT2D eigenvalue weighted by molar-refractivity contribution is 5.92. The molecule has 1 saturated carbocycles. The van der Waals surface area contributed by atoms with Gasteiger partial charge in [0.1, 0.15) is 0 Å². The number of aryl methyl sites for hydroxylation is 1. The summed E-state index contributed by atoms with van der Waals surface area (Å²) in [7, 11) is 0. The highest BCUT2D eigenvalue weighted by atomic mass is 15.1. The number of nitrogens with two attached hydrogens (primary N) is 1. The van der Waals surface area contributed by atoms with E-state index in [4.69, 9.17) is 10.7 Å². The van der Waals surface area contributed by atoms with Gasteiger partial charge in [-0.05, 0) is 47.6 Å². The first kappa shape index (κ1) is 13.4. The number of hydrogen-bond donors (Lipinski definition) is 2. The summed E-state index contributed by atoms with van der Waals surface area (Å²) in [4.78, 5) is 4.71. The normalized spacial score (nSPS) is 25.5. The molecule has 2 aliphatic carbocycles. The van der Waals surface area contributed by atoms with Gasteiger partial charge in [0.15, 0.2) is 5.96 Å². The van der Waals surface area contributed by atoms with Crippen LogP contribution in [-0.4, -0.2) is 12.0 Å². The third kappa shape index (κ3) is 2.27. The second kappa shape index (κ2) is 5.16. The predicted octanol–water partition coefficient (Wildman–Crippen LogP) is 3.31. The molecule has 0 heterocycles. The Morgan fingerprint density at radius 2 is 2.09 bits per heavy atom. The van der Waals surface area contributed by atoms with Gasteiger partial charge in [0.25, 0.3) is 0 Å². The van der Waals surface area contributed by atoms with Gasteiger partial charge in [0.05, 0.1) is 6.04 Å². The largest absolute Gasteiger partial charge is 0.370 e. The van der Waals surface area contributed by atoms with Gasteiger partial charge in [-0.3, -0.25) is 0 Å². The molecule has 0 radical (unpaired) electrons. The summed E-state index contributed by atoms with van der Waals surface area (Å²) in [5, 5.41) is 3.23. The summed E-state index contributed by atoms with van der Waals surface area (Å²) in [6.45, 7) is 2.15. The molecular weight excluding hydrogens is 270 g/mol. The van der Waals surface area contributed by atoms with E-state index in [-0.39, 0.29) is 0 Å². The van der Waals surface area contributed by atoms with Crippen molar-refractivity contribution in [1.82, 2.24) is 0 Å². The fourth-order valence-electron chi connectivity index (χ4n) is 3.70. The fraction of sp³-hybridized carbons (Fsp3) is 0.316. The molecule has 3 heteroatoms. The van der Waals surface area contributed by atoms with E-state index >= 15 is 0 Å². The molecule has 0 aromatic heterocycles. The van der Waals surface area contributed by atoms with Crippen molar-refractivity contribution in [1.29, 1.82) is 0 Å². The van der Waals surface area contributed by atoms with Crippen LogP contribution in [0, 0.1) is 5.92 Å². The van der Waals surface area contributed by atoms with Crippen LogP contribution in [0.1, 0.15) is 29.5 Å². The van der Waals surface area contributed by atoms with Crippen LogP contribution in [0.3, 0.4) is 0 Å². The Morgan fingerprint density at radius 1 is 1.23 bits per heavy atom. The van der Waals surface area contributed by atoms with Crippen LogP contribution in [0.15, 0.2) is 53.5 Å². The van der Waals surface area contributed by atoms with Crippen LogP contribution in [0.4, 0.5) is 5.69 Å². The zero-order valence-corrected chi connectivity index (χ0v) is 12.8. The van der Waals surface area contributed by atoms with Crippen molar-refractivity contribution in [3.05, 3.63) is 65.2 Å². The molecule has 3 N–H and O–H groups in total. The molecule has 2 aromatic carbocycles. The minimum Gasteiger partial charge on any atom is -0.370 e. The van der Waals surface area contributed by atoms with Crippen molar-refractivity contribution in [3.63, 3.8) is 0 Å². The number of anilines is 1. The molecule has 0 spiro atoms. The molecule has 22 heavy (non-hydrogen) atoms. The maximum atomic E-state index is 6.10. The number of guanidine groups is 1. The molecule has 3 atom stereocenters. The Kier molecular flexibility index (Phi) is 3.14. The number of nitrogens with one attached hydrogen (secondary N) is 1. The molecule has 2 aliphatic rings. The molecule has 112 valence electrons. The number of rotatable bonds is 3. The Morgan fingerprint density at radius 3 is 2.95 bits per heavy atom. The molecule has 2 aromatic rings. The van der Waals surface area contributed by atoms with Gasteiger partial charge in [-0.1, -0.05) is 43.3 Å². The maximum Gasteiger partial charge on any atom is 0.193 e. The van der Waals surface area contributed by atoms with E-state index in [1.807, 2.05) is 6.07 Å². The first-order valence-corrected chi connectivity index (χ1v) is 8.03. The summed E-state index contributed by atoms with van der Waals surface area (Å²) < 4.78 is 0. The summed E-state index contributed by atoms with van der Waals surface area (Å²) in [5.41, 5.74) is 11.4. The smallest absolute Gasteiger partial charge is 0.193 e. The lowest BCUT2D eigenvalue weighted by Crippen LogP contribution is -2.23. The lowest BCUT2D eigenvalue weighted by Gasteiger charge is -2.08. The summed E-state index contributed by atoms with van der Waals surface area (Å²) in [5.74, 6) is 1.77. The second-order valence-corrected chi connectivity index (χ2v) is 6.28. The predicted molar refractivity (Wildman–Crippen MR) is 91.2 cm³/mol. The lowest BCUT2D eigenvalue weighted by atomic mass is 10.1. The van der Waals surface area contributed by atoms with E-state index in [0.717, 1.165) is 18.5 Å². The van der Waals surface area contributed by atoms with E-state index in [1.54, 1.807) is 0 Å². The SMILES string of the molecule is CCc1cccc(NC(N)=NC2C3Cc4ccccc4C32)c1. The molecule has 0 amide bonds. The van der Waals surface area contributed by atoms with Crippen LogP contribution in [0.5, 0.6) is 0 Å². The Bertz CT molecular complexity index is 735. The zero-order chi connectivity index (χ0) is 15.1. The monoisotopic (exact) mass is 291 g/mol. The lowest BCUT2D eigenvalue weighted by molar-refractivity contribution is 0.801. The van der Waals surface area contributed by atoms with Crippen molar-refractivity contribution < 1.29 is 0 Å². The van der Waals surface area contributed by atoms with E-state index in [2.05, 4.69) is 54.7 Å². The molecule has 0 saturated heterocycles. The Labute approximate surface area is 131 Å². The minimum atomic E-state index is 0.358. The third-order valence-corrected chi connectivity index (χ3v) is 4.89. The highest BCUT2D eigenvalue weighted by Crippen LogP contribution is 2.58. The number of nitrogens with zero attached hydrogens (tertiary/aromatic N) is 1. The van der Waals surface area contributed by atoms with Crippen molar-refractivity contribution >= 4 is 11.6 Å². The molecule has 3 nitrogen and oxygen atoms in total. The molecule has 3 unspecified atom stereocenters. The van der Waals surface area contributed by atoms with Crippen LogP contribution < -0.4 is 11.1 Å². The molecule has 0 aliphatic heterocycles. The van der Waals surface area contributed by atoms with Crippen LogP contribution >= 0.6 is 0 Å². The van der Waals surface area contributed by atoms with Crippen molar-refractivity contribution in [2.24, 2.45) is 16.6 Å². The van der Waals surface area contributed by atoms with E-state index in [9.17, 15) is 0 Å². The van der Waals surface area contributed by atoms with Crippen LogP contribution in [0.2, 0.25) is 0 Å². The van der Waals surface area contributed by atoms with Gasteiger partial charge in [-0.15, -0.1) is 0 Å². The number of hydrogen-bond acceptors (Lipinski definition) is 1. The molecule has 1 fully saturated rings. The quantitative estimate of drug-likeness (QED) is 0.673. The number of benzene rings is 2. The van der Waals surface area contributed by atoms with Gasteiger partial charge in [-0.25, -0.2) is 4.99 Å². The number of fused-ring (bicyclic) bond motifs is 3. The Balaban J connectivity index is 1.46. The van der Waals surface area contributed by atoms with Crippen LogP contribution in [-0.2, 0) is 12.8 Å². The van der Waals surface area contributed by atoms with Crippen LogP contribution in [0.25, 0.3) is 0 Å². The van der Waals surface area contributed by atoms with Gasteiger partial charge in [-0.2, -0.15) is 0 Å². The second-order valence-electron chi connectivity index (χ2n) is 6.28. The molecular formula is C19H21N3. The van der Waals surface area contributed by atoms with E-state index in [0.29, 0.717) is 23.8 Å². The van der Waals surface area contributed by atoms with Gasteiger partial charge >= 0.3 is 0 Å².